The number of nitrogens with zero attached hydrogens (tertiary/aromatic N) is 1. The fraction of sp³-hybridized carbons (Fsp3) is 0.348. The predicted molar refractivity (Wildman–Crippen MR) is 109 cm³/mol. The van der Waals surface area contributed by atoms with Crippen molar-refractivity contribution in [2.24, 2.45) is 0 Å². The molecule has 0 saturated carbocycles. The number of pyridine rings is 1. The summed E-state index contributed by atoms with van der Waals surface area (Å²) < 4.78 is 17.2. The topological polar surface area (TPSA) is 52.6 Å². The van der Waals surface area contributed by atoms with E-state index in [1.165, 1.54) is 11.1 Å². The maximum Gasteiger partial charge on any atom is 0.158 e. The molecule has 28 heavy (non-hydrogen) atoms. The largest absolute Gasteiger partial charge is 0.497 e. The third-order valence-electron chi connectivity index (χ3n) is 5.09. The maximum atomic E-state index is 5.93. The lowest BCUT2D eigenvalue weighted by molar-refractivity contribution is -0.192. The summed E-state index contributed by atoms with van der Waals surface area (Å²) in [5, 5.41) is 4.62. The zero-order valence-electron chi connectivity index (χ0n) is 16.1. The summed E-state index contributed by atoms with van der Waals surface area (Å²) in [7, 11) is 1.68. The molecule has 0 unspecified atom stereocenters. The van der Waals surface area contributed by atoms with Gasteiger partial charge in [-0.15, -0.1) is 0 Å². The molecule has 5 nitrogen and oxygen atoms in total. The summed E-state index contributed by atoms with van der Waals surface area (Å²) >= 11 is 0. The molecule has 0 atom stereocenters. The molecule has 2 aromatic carbocycles. The van der Waals surface area contributed by atoms with E-state index in [-0.39, 0.29) is 12.3 Å². The molecule has 0 radical (unpaired) electrons. The predicted octanol–water partition coefficient (Wildman–Crippen LogP) is 3.71. The highest BCUT2D eigenvalue weighted by Gasteiger charge is 2.22. The van der Waals surface area contributed by atoms with E-state index in [1.807, 2.05) is 30.5 Å². The summed E-state index contributed by atoms with van der Waals surface area (Å²) in [5.41, 5.74) is 3.49. The van der Waals surface area contributed by atoms with Crippen LogP contribution >= 0.6 is 0 Å². The Morgan fingerprint density at radius 1 is 1.07 bits per heavy atom. The van der Waals surface area contributed by atoms with Crippen LogP contribution in [0.2, 0.25) is 0 Å². The molecular formula is C23H26N2O3. The molecule has 0 spiro atoms. The average Bonchev–Trinajstić information content (AvgIpc) is 2.77. The zero-order chi connectivity index (χ0) is 19.2. The van der Waals surface area contributed by atoms with Crippen LogP contribution in [0.5, 0.6) is 5.75 Å². The standard InChI is InChI=1S/C23H26N2O3/c1-26-20-8-9-22-21(13-20)18(11-12-24-22)7-10-23-27-15-19(16-28-23)25-14-17-5-3-2-4-6-17/h2-6,8-9,11-13,19,23,25H,7,10,14-16H2,1H3/t19-,23-. The van der Waals surface area contributed by atoms with E-state index in [0.29, 0.717) is 13.2 Å². The van der Waals surface area contributed by atoms with E-state index < -0.39 is 0 Å². The van der Waals surface area contributed by atoms with Crippen molar-refractivity contribution >= 4 is 10.9 Å². The first-order valence-corrected chi connectivity index (χ1v) is 9.74. The summed E-state index contributed by atoms with van der Waals surface area (Å²) in [6.45, 7) is 2.17. The number of rotatable bonds is 7. The third kappa shape index (κ3) is 4.68. The molecular weight excluding hydrogens is 352 g/mol. The molecule has 3 aromatic rings. The second-order valence-corrected chi connectivity index (χ2v) is 7.05. The van der Waals surface area contributed by atoms with Gasteiger partial charge >= 0.3 is 0 Å². The summed E-state index contributed by atoms with van der Waals surface area (Å²) in [4.78, 5) is 4.44. The van der Waals surface area contributed by atoms with Crippen LogP contribution in [0, 0.1) is 0 Å². The quantitative estimate of drug-likeness (QED) is 0.679. The monoisotopic (exact) mass is 378 g/mol. The van der Waals surface area contributed by atoms with Gasteiger partial charge in [-0.05, 0) is 41.8 Å². The number of benzene rings is 2. The maximum absolute atomic E-state index is 5.93. The van der Waals surface area contributed by atoms with Crippen molar-refractivity contribution in [1.29, 1.82) is 0 Å². The number of hydrogen-bond acceptors (Lipinski definition) is 5. The van der Waals surface area contributed by atoms with Gasteiger partial charge in [-0.25, -0.2) is 0 Å². The first-order valence-electron chi connectivity index (χ1n) is 9.74. The van der Waals surface area contributed by atoms with Crippen molar-refractivity contribution in [3.05, 3.63) is 71.9 Å². The van der Waals surface area contributed by atoms with E-state index >= 15 is 0 Å². The minimum Gasteiger partial charge on any atom is -0.497 e. The fourth-order valence-corrected chi connectivity index (χ4v) is 3.49. The molecule has 1 saturated heterocycles. The molecule has 2 heterocycles. The van der Waals surface area contributed by atoms with E-state index in [1.54, 1.807) is 7.11 Å². The van der Waals surface area contributed by atoms with Gasteiger partial charge in [0.05, 0.1) is 31.9 Å². The van der Waals surface area contributed by atoms with Gasteiger partial charge in [0.1, 0.15) is 5.75 Å². The molecule has 4 rings (SSSR count). The van der Waals surface area contributed by atoms with Crippen molar-refractivity contribution in [2.45, 2.75) is 31.7 Å². The number of nitrogens with one attached hydrogen (secondary N) is 1. The number of aromatic nitrogens is 1. The van der Waals surface area contributed by atoms with Crippen molar-refractivity contribution < 1.29 is 14.2 Å². The molecule has 1 fully saturated rings. The van der Waals surface area contributed by atoms with Crippen LogP contribution in [-0.2, 0) is 22.4 Å². The minimum absolute atomic E-state index is 0.163. The second kappa shape index (κ2) is 9.15. The van der Waals surface area contributed by atoms with Crippen molar-refractivity contribution in [1.82, 2.24) is 10.3 Å². The van der Waals surface area contributed by atoms with E-state index in [0.717, 1.165) is 36.0 Å². The summed E-state index contributed by atoms with van der Waals surface area (Å²) in [6, 6.07) is 18.6. The molecule has 0 aliphatic carbocycles. The number of hydrogen-bond donors (Lipinski definition) is 1. The van der Waals surface area contributed by atoms with Crippen molar-refractivity contribution in [3.63, 3.8) is 0 Å². The Balaban J connectivity index is 1.28. The van der Waals surface area contributed by atoms with Crippen molar-refractivity contribution in [3.8, 4) is 5.75 Å². The highest BCUT2D eigenvalue weighted by atomic mass is 16.7. The van der Waals surface area contributed by atoms with Gasteiger partial charge < -0.3 is 19.5 Å². The van der Waals surface area contributed by atoms with Gasteiger partial charge in [-0.3, -0.25) is 4.98 Å². The Morgan fingerprint density at radius 2 is 1.89 bits per heavy atom. The lowest BCUT2D eigenvalue weighted by Crippen LogP contribution is -2.44. The Kier molecular flexibility index (Phi) is 6.17. The first-order chi connectivity index (χ1) is 13.8. The Hall–Kier alpha value is -2.47. The lowest BCUT2D eigenvalue weighted by atomic mass is 10.0. The van der Waals surface area contributed by atoms with Gasteiger partial charge in [0.25, 0.3) is 0 Å². The second-order valence-electron chi connectivity index (χ2n) is 7.05. The van der Waals surface area contributed by atoms with E-state index in [9.17, 15) is 0 Å². The molecule has 5 heteroatoms. The van der Waals surface area contributed by atoms with Crippen LogP contribution in [0.15, 0.2) is 60.8 Å². The van der Waals surface area contributed by atoms with Crippen LogP contribution in [0.1, 0.15) is 17.5 Å². The Morgan fingerprint density at radius 3 is 2.68 bits per heavy atom. The smallest absolute Gasteiger partial charge is 0.158 e. The number of aryl methyl sites for hydroxylation is 1. The third-order valence-corrected chi connectivity index (χ3v) is 5.09. The number of ether oxygens (including phenoxy) is 3. The number of methoxy groups -OCH3 is 1. The van der Waals surface area contributed by atoms with Gasteiger partial charge in [-0.1, -0.05) is 30.3 Å². The highest BCUT2D eigenvalue weighted by Crippen LogP contribution is 2.24. The van der Waals surface area contributed by atoms with E-state index in [2.05, 4.69) is 40.6 Å². The van der Waals surface area contributed by atoms with Crippen LogP contribution < -0.4 is 10.1 Å². The molecule has 1 N–H and O–H groups in total. The molecule has 1 aliphatic heterocycles. The number of fused-ring (bicyclic) bond motifs is 1. The van der Waals surface area contributed by atoms with Crippen LogP contribution in [0.25, 0.3) is 10.9 Å². The summed E-state index contributed by atoms with van der Waals surface area (Å²) in [5.74, 6) is 0.847. The van der Waals surface area contributed by atoms with E-state index in [4.69, 9.17) is 14.2 Å². The lowest BCUT2D eigenvalue weighted by Gasteiger charge is -2.30. The molecule has 1 aliphatic rings. The summed E-state index contributed by atoms with van der Waals surface area (Å²) in [6.07, 6.45) is 3.39. The molecule has 1 aromatic heterocycles. The normalized spacial score (nSPS) is 19.6. The molecule has 0 amide bonds. The average molecular weight is 378 g/mol. The van der Waals surface area contributed by atoms with Gasteiger partial charge in [0, 0.05) is 24.5 Å². The Labute approximate surface area is 165 Å². The van der Waals surface area contributed by atoms with Crippen LogP contribution in [0.3, 0.4) is 0 Å². The minimum atomic E-state index is -0.163. The molecule has 146 valence electrons. The van der Waals surface area contributed by atoms with Gasteiger partial charge in [-0.2, -0.15) is 0 Å². The highest BCUT2D eigenvalue weighted by molar-refractivity contribution is 5.83. The van der Waals surface area contributed by atoms with Gasteiger partial charge in [0.15, 0.2) is 6.29 Å². The van der Waals surface area contributed by atoms with Gasteiger partial charge in [0.2, 0.25) is 0 Å². The Bertz CT molecular complexity index is 893. The molecule has 0 bridgehead atoms. The van der Waals surface area contributed by atoms with Crippen LogP contribution in [0.4, 0.5) is 0 Å². The fourth-order valence-electron chi connectivity index (χ4n) is 3.49. The first kappa shape index (κ1) is 18.9. The SMILES string of the molecule is COc1ccc2nccc(CC[C@H]3OC[C@H](NCc4ccccc4)CO3)c2c1. The van der Waals surface area contributed by atoms with Crippen molar-refractivity contribution in [2.75, 3.05) is 20.3 Å². The zero-order valence-corrected chi connectivity index (χ0v) is 16.1. The van der Waals surface area contributed by atoms with Crippen LogP contribution in [-0.4, -0.2) is 37.6 Å².